The van der Waals surface area contributed by atoms with Crippen molar-refractivity contribution < 1.29 is 4.79 Å². The van der Waals surface area contributed by atoms with Crippen molar-refractivity contribution in [2.75, 3.05) is 5.32 Å². The molecule has 0 unspecified atom stereocenters. The van der Waals surface area contributed by atoms with E-state index >= 15 is 0 Å². The maximum absolute atomic E-state index is 12.1. The minimum Gasteiger partial charge on any atom is -0.323 e. The molecule has 1 amide bonds. The van der Waals surface area contributed by atoms with Gasteiger partial charge in [-0.1, -0.05) is 11.6 Å². The Morgan fingerprint density at radius 3 is 2.88 bits per heavy atom. The summed E-state index contributed by atoms with van der Waals surface area (Å²) < 4.78 is 3.48. The monoisotopic (exact) mass is 370 g/mol. The van der Waals surface area contributed by atoms with Gasteiger partial charge in [0.25, 0.3) is 0 Å². The van der Waals surface area contributed by atoms with Crippen molar-refractivity contribution in [1.29, 1.82) is 0 Å². The number of fused-ring (bicyclic) bond motifs is 1. The van der Waals surface area contributed by atoms with Gasteiger partial charge >= 0.3 is 0 Å². The Bertz CT molecular complexity index is 1050. The van der Waals surface area contributed by atoms with Crippen LogP contribution in [0.2, 0.25) is 5.15 Å². The molecular formula is C16H11ClN6OS. The summed E-state index contributed by atoms with van der Waals surface area (Å²) in [6, 6.07) is 7.28. The van der Waals surface area contributed by atoms with Gasteiger partial charge in [-0.25, -0.2) is 14.6 Å². The second-order valence-electron chi connectivity index (χ2n) is 5.05. The summed E-state index contributed by atoms with van der Waals surface area (Å²) in [6.45, 7) is 0. The standard InChI is InChI=1S/C16H11ClN6OS/c17-15-13(22-7-8-25-16(22)21-15)5-6-14(24)20-11-1-3-12(4-2-11)23-10-18-9-19-23/h1-10H,(H,20,24)/b6-5+. The molecule has 25 heavy (non-hydrogen) atoms. The van der Waals surface area contributed by atoms with Gasteiger partial charge in [0.05, 0.1) is 11.4 Å². The van der Waals surface area contributed by atoms with Crippen molar-refractivity contribution in [3.63, 3.8) is 0 Å². The van der Waals surface area contributed by atoms with Crippen LogP contribution >= 0.6 is 22.9 Å². The number of rotatable bonds is 4. The van der Waals surface area contributed by atoms with Crippen LogP contribution in [0.4, 0.5) is 5.69 Å². The Hall–Kier alpha value is -2.97. The van der Waals surface area contributed by atoms with Crippen molar-refractivity contribution in [1.82, 2.24) is 24.1 Å². The van der Waals surface area contributed by atoms with E-state index in [1.165, 1.54) is 23.7 Å². The van der Waals surface area contributed by atoms with Gasteiger partial charge in [-0.2, -0.15) is 5.10 Å². The van der Waals surface area contributed by atoms with Crippen LogP contribution in [-0.4, -0.2) is 30.1 Å². The number of anilines is 1. The number of halogens is 1. The highest BCUT2D eigenvalue weighted by Crippen LogP contribution is 2.22. The Labute approximate surface area is 151 Å². The summed E-state index contributed by atoms with van der Waals surface area (Å²) in [5, 5.41) is 9.13. The largest absolute Gasteiger partial charge is 0.323 e. The number of hydrogen-bond donors (Lipinski definition) is 1. The van der Waals surface area contributed by atoms with Crippen LogP contribution in [-0.2, 0) is 4.79 Å². The maximum Gasteiger partial charge on any atom is 0.248 e. The fraction of sp³-hybridized carbons (Fsp3) is 0. The minimum absolute atomic E-state index is 0.255. The molecule has 0 saturated heterocycles. The number of aromatic nitrogens is 5. The second-order valence-corrected chi connectivity index (χ2v) is 6.28. The molecule has 7 nitrogen and oxygen atoms in total. The summed E-state index contributed by atoms with van der Waals surface area (Å²) in [6.07, 6.45) is 8.01. The van der Waals surface area contributed by atoms with Crippen LogP contribution < -0.4 is 5.32 Å². The van der Waals surface area contributed by atoms with Crippen LogP contribution in [0.25, 0.3) is 16.7 Å². The summed E-state index contributed by atoms with van der Waals surface area (Å²) in [7, 11) is 0. The molecule has 124 valence electrons. The van der Waals surface area contributed by atoms with E-state index in [0.29, 0.717) is 16.5 Å². The highest BCUT2D eigenvalue weighted by atomic mass is 35.5. The highest BCUT2D eigenvalue weighted by molar-refractivity contribution is 7.15. The third kappa shape index (κ3) is 3.17. The molecule has 0 aliphatic heterocycles. The lowest BCUT2D eigenvalue weighted by Crippen LogP contribution is -2.08. The van der Waals surface area contributed by atoms with Crippen molar-refractivity contribution in [3.05, 3.63) is 65.4 Å². The summed E-state index contributed by atoms with van der Waals surface area (Å²) in [4.78, 5) is 21.0. The number of amides is 1. The first-order valence-corrected chi connectivity index (χ1v) is 8.51. The van der Waals surface area contributed by atoms with E-state index in [2.05, 4.69) is 20.4 Å². The molecule has 0 bridgehead atoms. The zero-order chi connectivity index (χ0) is 17.2. The number of imidazole rings is 1. The zero-order valence-electron chi connectivity index (χ0n) is 12.7. The quantitative estimate of drug-likeness (QED) is 0.559. The molecule has 0 atom stereocenters. The van der Waals surface area contributed by atoms with Crippen LogP contribution in [0.5, 0.6) is 0 Å². The molecule has 0 aliphatic rings. The third-order valence-electron chi connectivity index (χ3n) is 3.46. The maximum atomic E-state index is 12.1. The SMILES string of the molecule is O=C(/C=C/c1c(Cl)nc2sccn12)Nc1ccc(-n2cncn2)cc1. The van der Waals surface area contributed by atoms with E-state index in [1.807, 2.05) is 28.1 Å². The summed E-state index contributed by atoms with van der Waals surface area (Å²) in [5.41, 5.74) is 2.21. The smallest absolute Gasteiger partial charge is 0.248 e. The average Bonchev–Trinajstić information content (AvgIpc) is 3.32. The topological polar surface area (TPSA) is 77.1 Å². The van der Waals surface area contributed by atoms with E-state index < -0.39 is 0 Å². The van der Waals surface area contributed by atoms with Crippen LogP contribution in [0.1, 0.15) is 5.69 Å². The third-order valence-corrected chi connectivity index (χ3v) is 4.50. The number of carbonyl (C=O) groups is 1. The number of nitrogens with one attached hydrogen (secondary N) is 1. The van der Waals surface area contributed by atoms with E-state index in [4.69, 9.17) is 11.6 Å². The summed E-state index contributed by atoms with van der Waals surface area (Å²) in [5.74, 6) is -0.255. The molecule has 0 radical (unpaired) electrons. The van der Waals surface area contributed by atoms with Crippen molar-refractivity contribution >= 4 is 45.6 Å². The highest BCUT2D eigenvalue weighted by Gasteiger charge is 2.08. The predicted octanol–water partition coefficient (Wildman–Crippen LogP) is 3.28. The predicted molar refractivity (Wildman–Crippen MR) is 97.1 cm³/mol. The Morgan fingerprint density at radius 1 is 1.28 bits per heavy atom. The molecular weight excluding hydrogens is 360 g/mol. The van der Waals surface area contributed by atoms with Gasteiger partial charge < -0.3 is 5.32 Å². The first kappa shape index (κ1) is 15.6. The molecule has 0 spiro atoms. The van der Waals surface area contributed by atoms with Gasteiger partial charge in [0.1, 0.15) is 12.7 Å². The summed E-state index contributed by atoms with van der Waals surface area (Å²) >= 11 is 7.58. The van der Waals surface area contributed by atoms with Gasteiger partial charge in [-0.15, -0.1) is 11.3 Å². The molecule has 4 aromatic rings. The van der Waals surface area contributed by atoms with E-state index in [1.54, 1.807) is 29.2 Å². The molecule has 1 N–H and O–H groups in total. The van der Waals surface area contributed by atoms with Gasteiger partial charge in [0.2, 0.25) is 5.91 Å². The first-order valence-electron chi connectivity index (χ1n) is 7.26. The molecule has 9 heteroatoms. The van der Waals surface area contributed by atoms with E-state index in [-0.39, 0.29) is 5.91 Å². The lowest BCUT2D eigenvalue weighted by atomic mass is 10.2. The van der Waals surface area contributed by atoms with Gasteiger partial charge in [-0.05, 0) is 30.3 Å². The molecule has 0 fully saturated rings. The van der Waals surface area contributed by atoms with Gasteiger partial charge in [0, 0.05) is 23.3 Å². The molecule has 4 rings (SSSR count). The van der Waals surface area contributed by atoms with Crippen molar-refractivity contribution in [2.45, 2.75) is 0 Å². The van der Waals surface area contributed by atoms with E-state index in [0.717, 1.165) is 10.6 Å². The average molecular weight is 371 g/mol. The number of nitrogens with zero attached hydrogens (tertiary/aromatic N) is 5. The lowest BCUT2D eigenvalue weighted by molar-refractivity contribution is -0.111. The number of hydrogen-bond acceptors (Lipinski definition) is 5. The lowest BCUT2D eigenvalue weighted by Gasteiger charge is -2.04. The number of benzene rings is 1. The molecule has 0 aliphatic carbocycles. The second kappa shape index (κ2) is 6.50. The van der Waals surface area contributed by atoms with Gasteiger partial charge in [0.15, 0.2) is 10.1 Å². The molecule has 0 saturated carbocycles. The van der Waals surface area contributed by atoms with E-state index in [9.17, 15) is 4.79 Å². The number of carbonyl (C=O) groups excluding carboxylic acids is 1. The Kier molecular flexibility index (Phi) is 4.04. The normalized spacial score (nSPS) is 11.4. The van der Waals surface area contributed by atoms with Crippen LogP contribution in [0.3, 0.4) is 0 Å². The van der Waals surface area contributed by atoms with Crippen molar-refractivity contribution in [3.8, 4) is 5.69 Å². The first-order chi connectivity index (χ1) is 12.2. The number of thiazole rings is 1. The Morgan fingerprint density at radius 2 is 2.12 bits per heavy atom. The fourth-order valence-corrected chi connectivity index (χ4v) is 3.31. The van der Waals surface area contributed by atoms with Crippen LogP contribution in [0, 0.1) is 0 Å². The Balaban J connectivity index is 1.47. The fourth-order valence-electron chi connectivity index (χ4n) is 2.30. The zero-order valence-corrected chi connectivity index (χ0v) is 14.3. The molecule has 1 aromatic carbocycles. The molecule has 3 heterocycles. The van der Waals surface area contributed by atoms with Crippen molar-refractivity contribution in [2.24, 2.45) is 0 Å². The minimum atomic E-state index is -0.255. The van der Waals surface area contributed by atoms with Gasteiger partial charge in [-0.3, -0.25) is 9.20 Å². The van der Waals surface area contributed by atoms with Crippen LogP contribution in [0.15, 0.2) is 54.6 Å². The molecule has 3 aromatic heterocycles.